The third-order valence-corrected chi connectivity index (χ3v) is 4.72. The molecule has 1 aromatic carbocycles. The van der Waals surface area contributed by atoms with Gasteiger partial charge in [-0.05, 0) is 36.0 Å². The first kappa shape index (κ1) is 14.4. The molecule has 0 unspecified atom stereocenters. The maximum absolute atomic E-state index is 11.8. The van der Waals surface area contributed by atoms with Gasteiger partial charge in [0, 0.05) is 6.07 Å². The summed E-state index contributed by atoms with van der Waals surface area (Å²) in [6, 6.07) is 13.7. The molecule has 0 spiro atoms. The first-order valence-electron chi connectivity index (χ1n) is 7.68. The van der Waals surface area contributed by atoms with Crippen molar-refractivity contribution in [3.05, 3.63) is 69.1 Å². The molecule has 1 aromatic heterocycles. The number of benzene rings is 1. The molecule has 0 amide bonds. The summed E-state index contributed by atoms with van der Waals surface area (Å²) in [5.74, 6) is 0.718. The minimum atomic E-state index is -0.0566. The van der Waals surface area contributed by atoms with Gasteiger partial charge in [0.2, 0.25) is 0 Å². The molecule has 1 aliphatic rings. The Morgan fingerprint density at radius 1 is 1.00 bits per heavy atom. The van der Waals surface area contributed by atoms with Crippen LogP contribution in [0, 0.1) is 0 Å². The molecule has 0 radical (unpaired) electrons. The average molecular weight is 302 g/mol. The highest BCUT2D eigenvalue weighted by Gasteiger charge is 2.15. The van der Waals surface area contributed by atoms with Gasteiger partial charge in [-0.2, -0.15) is 0 Å². The van der Waals surface area contributed by atoms with E-state index in [1.165, 1.54) is 37.7 Å². The quantitative estimate of drug-likeness (QED) is 0.760. The molecule has 3 heteroatoms. The van der Waals surface area contributed by atoms with Crippen LogP contribution in [0.1, 0.15) is 49.1 Å². The number of rotatable bonds is 3. The molecule has 1 saturated carbocycles. The summed E-state index contributed by atoms with van der Waals surface area (Å²) in [6.45, 7) is 0.531. The molecule has 1 heterocycles. The van der Waals surface area contributed by atoms with Crippen molar-refractivity contribution in [3.63, 3.8) is 0 Å². The molecular formula is C18H20ClNO. The van der Waals surface area contributed by atoms with Gasteiger partial charge in [0.25, 0.3) is 5.56 Å². The zero-order valence-electron chi connectivity index (χ0n) is 12.1. The standard InChI is InChI=1S/C18H20ClNO/c19-17-7-4-8-18(21)20(17)13-14-9-11-16(12-10-14)15-5-2-1-3-6-15/h4,7-12,15H,1-3,5-6,13H2. The number of nitrogens with zero attached hydrogens (tertiary/aromatic N) is 1. The Hall–Kier alpha value is -1.54. The number of halogens is 1. The second kappa shape index (κ2) is 6.48. The van der Waals surface area contributed by atoms with Crippen molar-refractivity contribution in [2.45, 2.75) is 44.6 Å². The third kappa shape index (κ3) is 3.38. The van der Waals surface area contributed by atoms with E-state index in [0.29, 0.717) is 11.7 Å². The van der Waals surface area contributed by atoms with E-state index in [1.807, 2.05) is 0 Å². The summed E-state index contributed by atoms with van der Waals surface area (Å²) in [5.41, 5.74) is 2.49. The van der Waals surface area contributed by atoms with Crippen LogP contribution in [0.15, 0.2) is 47.3 Å². The minimum Gasteiger partial charge on any atom is -0.295 e. The summed E-state index contributed by atoms with van der Waals surface area (Å²) >= 11 is 6.10. The lowest BCUT2D eigenvalue weighted by atomic mass is 9.84. The van der Waals surface area contributed by atoms with E-state index in [1.54, 1.807) is 22.8 Å². The first-order valence-corrected chi connectivity index (χ1v) is 8.06. The molecule has 110 valence electrons. The summed E-state index contributed by atoms with van der Waals surface area (Å²) in [7, 11) is 0. The lowest BCUT2D eigenvalue weighted by Gasteiger charge is -2.22. The summed E-state index contributed by atoms with van der Waals surface area (Å²) in [4.78, 5) is 11.8. The smallest absolute Gasteiger partial charge is 0.251 e. The predicted molar refractivity (Wildman–Crippen MR) is 87.1 cm³/mol. The van der Waals surface area contributed by atoms with Crippen LogP contribution in [-0.4, -0.2) is 4.57 Å². The average Bonchev–Trinajstić information content (AvgIpc) is 2.53. The zero-order valence-corrected chi connectivity index (χ0v) is 12.9. The maximum atomic E-state index is 11.8. The highest BCUT2D eigenvalue weighted by molar-refractivity contribution is 6.29. The largest absolute Gasteiger partial charge is 0.295 e. The van der Waals surface area contributed by atoms with Crippen molar-refractivity contribution in [2.24, 2.45) is 0 Å². The molecule has 0 saturated heterocycles. The SMILES string of the molecule is O=c1cccc(Cl)n1Cc1ccc(C2CCCCC2)cc1. The summed E-state index contributed by atoms with van der Waals surface area (Å²) < 4.78 is 1.59. The predicted octanol–water partition coefficient (Wildman–Crippen LogP) is 4.60. The Balaban J connectivity index is 1.76. The Morgan fingerprint density at radius 3 is 2.38 bits per heavy atom. The van der Waals surface area contributed by atoms with Crippen LogP contribution >= 0.6 is 11.6 Å². The van der Waals surface area contributed by atoms with Crippen LogP contribution in [0.4, 0.5) is 0 Å². The molecule has 1 aliphatic carbocycles. The first-order chi connectivity index (χ1) is 10.2. The lowest BCUT2D eigenvalue weighted by Crippen LogP contribution is -2.19. The normalized spacial score (nSPS) is 16.0. The van der Waals surface area contributed by atoms with Gasteiger partial charge >= 0.3 is 0 Å². The highest BCUT2D eigenvalue weighted by Crippen LogP contribution is 2.32. The van der Waals surface area contributed by atoms with Gasteiger partial charge in [0.15, 0.2) is 0 Å². The Bertz CT molecular complexity index is 654. The van der Waals surface area contributed by atoms with Crippen LogP contribution in [0.25, 0.3) is 0 Å². The third-order valence-electron chi connectivity index (χ3n) is 4.39. The Kier molecular flexibility index (Phi) is 4.45. The monoisotopic (exact) mass is 301 g/mol. The van der Waals surface area contributed by atoms with E-state index in [2.05, 4.69) is 24.3 Å². The van der Waals surface area contributed by atoms with Crippen molar-refractivity contribution in [3.8, 4) is 0 Å². The molecule has 2 nitrogen and oxygen atoms in total. The number of hydrogen-bond donors (Lipinski definition) is 0. The fourth-order valence-corrected chi connectivity index (χ4v) is 3.38. The number of pyridine rings is 1. The highest BCUT2D eigenvalue weighted by atomic mass is 35.5. The van der Waals surface area contributed by atoms with Crippen molar-refractivity contribution in [2.75, 3.05) is 0 Å². The second-order valence-electron chi connectivity index (χ2n) is 5.85. The fraction of sp³-hybridized carbons (Fsp3) is 0.389. The van der Waals surface area contributed by atoms with Crippen LogP contribution in [0.2, 0.25) is 5.15 Å². The van der Waals surface area contributed by atoms with Gasteiger partial charge in [-0.15, -0.1) is 0 Å². The minimum absolute atomic E-state index is 0.0566. The van der Waals surface area contributed by atoms with E-state index >= 15 is 0 Å². The van der Waals surface area contributed by atoms with Crippen molar-refractivity contribution in [1.82, 2.24) is 4.57 Å². The van der Waals surface area contributed by atoms with E-state index in [4.69, 9.17) is 11.6 Å². The van der Waals surface area contributed by atoms with E-state index < -0.39 is 0 Å². The van der Waals surface area contributed by atoms with Crippen LogP contribution in [-0.2, 0) is 6.54 Å². The molecule has 0 aliphatic heterocycles. The van der Waals surface area contributed by atoms with E-state index in [-0.39, 0.29) is 5.56 Å². The lowest BCUT2D eigenvalue weighted by molar-refractivity contribution is 0.443. The van der Waals surface area contributed by atoms with Gasteiger partial charge in [-0.3, -0.25) is 9.36 Å². The Morgan fingerprint density at radius 2 is 1.71 bits per heavy atom. The van der Waals surface area contributed by atoms with Gasteiger partial charge < -0.3 is 0 Å². The van der Waals surface area contributed by atoms with E-state index in [9.17, 15) is 4.79 Å². The van der Waals surface area contributed by atoms with Crippen molar-refractivity contribution in [1.29, 1.82) is 0 Å². The summed E-state index contributed by atoms with van der Waals surface area (Å²) in [5, 5.41) is 0.485. The Labute approximate surface area is 130 Å². The molecule has 0 N–H and O–H groups in total. The molecule has 1 fully saturated rings. The summed E-state index contributed by atoms with van der Waals surface area (Å²) in [6.07, 6.45) is 6.69. The molecule has 2 aromatic rings. The molecular weight excluding hydrogens is 282 g/mol. The molecule has 21 heavy (non-hydrogen) atoms. The van der Waals surface area contributed by atoms with Gasteiger partial charge in [-0.1, -0.05) is 61.2 Å². The topological polar surface area (TPSA) is 22.0 Å². The molecule has 0 atom stereocenters. The second-order valence-corrected chi connectivity index (χ2v) is 6.24. The fourth-order valence-electron chi connectivity index (χ4n) is 3.16. The van der Waals surface area contributed by atoms with Crippen molar-refractivity contribution >= 4 is 11.6 Å². The maximum Gasteiger partial charge on any atom is 0.251 e. The number of hydrogen-bond acceptors (Lipinski definition) is 1. The molecule has 0 bridgehead atoms. The van der Waals surface area contributed by atoms with Crippen LogP contribution in [0.3, 0.4) is 0 Å². The van der Waals surface area contributed by atoms with Crippen LogP contribution in [0.5, 0.6) is 0 Å². The van der Waals surface area contributed by atoms with Crippen molar-refractivity contribution < 1.29 is 0 Å². The van der Waals surface area contributed by atoms with Gasteiger partial charge in [-0.25, -0.2) is 0 Å². The molecule has 3 rings (SSSR count). The zero-order chi connectivity index (χ0) is 14.7. The van der Waals surface area contributed by atoms with Gasteiger partial charge in [0.1, 0.15) is 5.15 Å². The van der Waals surface area contributed by atoms with Gasteiger partial charge in [0.05, 0.1) is 6.54 Å². The van der Waals surface area contributed by atoms with E-state index in [0.717, 1.165) is 11.5 Å². The number of aromatic nitrogens is 1. The van der Waals surface area contributed by atoms with Crippen LogP contribution < -0.4 is 5.56 Å².